The number of benzene rings is 2. The van der Waals surface area contributed by atoms with E-state index in [1.807, 2.05) is 37.3 Å². The van der Waals surface area contributed by atoms with Crippen LogP contribution in [0.1, 0.15) is 33.5 Å². The Morgan fingerprint density at radius 1 is 1.19 bits per heavy atom. The number of aromatic nitrogens is 2. The molecule has 0 bridgehead atoms. The minimum atomic E-state index is -0.157. The summed E-state index contributed by atoms with van der Waals surface area (Å²) >= 11 is 0. The Labute approximate surface area is 152 Å². The Morgan fingerprint density at radius 2 is 2.00 bits per heavy atom. The lowest BCUT2D eigenvalue weighted by Crippen LogP contribution is -2.27. The van der Waals surface area contributed by atoms with Gasteiger partial charge >= 0.3 is 0 Å². The van der Waals surface area contributed by atoms with E-state index in [4.69, 9.17) is 5.73 Å². The van der Waals surface area contributed by atoms with E-state index < -0.39 is 0 Å². The van der Waals surface area contributed by atoms with Crippen molar-refractivity contribution in [2.45, 2.75) is 32.2 Å². The minimum absolute atomic E-state index is 0.157. The van der Waals surface area contributed by atoms with Gasteiger partial charge in [-0.1, -0.05) is 23.8 Å². The highest BCUT2D eigenvalue weighted by Gasteiger charge is 2.16. The number of rotatable bonds is 3. The van der Waals surface area contributed by atoms with Gasteiger partial charge in [-0.3, -0.25) is 4.79 Å². The minimum Gasteiger partial charge on any atom is -0.327 e. The van der Waals surface area contributed by atoms with Crippen LogP contribution in [-0.4, -0.2) is 21.7 Å². The van der Waals surface area contributed by atoms with Crippen LogP contribution in [0.3, 0.4) is 0 Å². The first-order valence-corrected chi connectivity index (χ1v) is 8.89. The summed E-state index contributed by atoms with van der Waals surface area (Å²) in [6.07, 6.45) is 6.20. The highest BCUT2D eigenvalue weighted by Crippen LogP contribution is 2.24. The van der Waals surface area contributed by atoms with Crippen LogP contribution in [0.4, 0.5) is 5.69 Å². The van der Waals surface area contributed by atoms with Crippen molar-refractivity contribution in [3.8, 4) is 5.69 Å². The molecule has 0 spiro atoms. The highest BCUT2D eigenvalue weighted by atomic mass is 16.1. The highest BCUT2D eigenvalue weighted by molar-refractivity contribution is 6.04. The molecule has 5 heteroatoms. The number of nitrogens with zero attached hydrogens (tertiary/aromatic N) is 2. The molecule has 4 rings (SSSR count). The summed E-state index contributed by atoms with van der Waals surface area (Å²) in [7, 11) is 0. The van der Waals surface area contributed by atoms with Gasteiger partial charge in [-0.25, -0.2) is 4.68 Å². The van der Waals surface area contributed by atoms with E-state index >= 15 is 0 Å². The number of nitrogens with two attached hydrogens (primary N) is 1. The van der Waals surface area contributed by atoms with Gasteiger partial charge in [-0.15, -0.1) is 0 Å². The van der Waals surface area contributed by atoms with Crippen molar-refractivity contribution in [1.29, 1.82) is 0 Å². The van der Waals surface area contributed by atoms with Gasteiger partial charge < -0.3 is 11.1 Å². The van der Waals surface area contributed by atoms with E-state index in [-0.39, 0.29) is 11.9 Å². The largest absolute Gasteiger partial charge is 0.327 e. The fourth-order valence-corrected chi connectivity index (χ4v) is 3.34. The molecule has 5 nitrogen and oxygen atoms in total. The molecule has 3 aromatic rings. The van der Waals surface area contributed by atoms with Crippen LogP contribution in [0.5, 0.6) is 0 Å². The summed E-state index contributed by atoms with van der Waals surface area (Å²) in [6, 6.07) is 14.3. The van der Waals surface area contributed by atoms with Crippen LogP contribution in [0.2, 0.25) is 0 Å². The zero-order valence-corrected chi connectivity index (χ0v) is 14.8. The summed E-state index contributed by atoms with van der Waals surface area (Å²) in [5.74, 6) is -0.157. The number of nitrogens with one attached hydrogen (secondary N) is 1. The maximum atomic E-state index is 12.5. The van der Waals surface area contributed by atoms with Gasteiger partial charge in [0, 0.05) is 17.9 Å². The van der Waals surface area contributed by atoms with Gasteiger partial charge in [0.15, 0.2) is 0 Å². The van der Waals surface area contributed by atoms with Crippen LogP contribution < -0.4 is 11.1 Å². The van der Waals surface area contributed by atoms with Crippen LogP contribution >= 0.6 is 0 Å². The molecule has 1 aromatic heterocycles. The second-order valence-electron chi connectivity index (χ2n) is 6.95. The number of hydrogen-bond donors (Lipinski definition) is 2. The quantitative estimate of drug-likeness (QED) is 0.764. The summed E-state index contributed by atoms with van der Waals surface area (Å²) in [5.41, 5.74) is 12.1. The Hall–Kier alpha value is -2.92. The molecule has 132 valence electrons. The Balaban J connectivity index is 1.49. The average Bonchev–Trinajstić information content (AvgIpc) is 3.13. The Bertz CT molecular complexity index is 943. The molecule has 1 aliphatic carbocycles. The summed E-state index contributed by atoms with van der Waals surface area (Å²) < 4.78 is 1.71. The molecule has 0 fully saturated rings. The molecule has 0 unspecified atom stereocenters. The van der Waals surface area contributed by atoms with E-state index in [9.17, 15) is 4.79 Å². The van der Waals surface area contributed by atoms with Crippen molar-refractivity contribution in [2.75, 3.05) is 5.32 Å². The monoisotopic (exact) mass is 346 g/mol. The number of carbonyl (C=O) groups excluding carboxylic acids is 1. The van der Waals surface area contributed by atoms with Crippen LogP contribution in [0.15, 0.2) is 54.9 Å². The van der Waals surface area contributed by atoms with Gasteiger partial charge in [0.25, 0.3) is 5.91 Å². The Morgan fingerprint density at radius 3 is 2.81 bits per heavy atom. The van der Waals surface area contributed by atoms with Crippen LogP contribution in [0, 0.1) is 6.92 Å². The molecule has 0 radical (unpaired) electrons. The van der Waals surface area contributed by atoms with E-state index in [1.54, 1.807) is 17.1 Å². The van der Waals surface area contributed by atoms with Crippen LogP contribution in [0.25, 0.3) is 5.69 Å². The van der Waals surface area contributed by atoms with Gasteiger partial charge in [0.05, 0.1) is 17.4 Å². The summed E-state index contributed by atoms with van der Waals surface area (Å²) in [6.45, 7) is 2.04. The molecule has 0 aliphatic heterocycles. The third-order valence-corrected chi connectivity index (χ3v) is 4.87. The summed E-state index contributed by atoms with van der Waals surface area (Å²) in [4.78, 5) is 12.5. The maximum Gasteiger partial charge on any atom is 0.258 e. The van der Waals surface area contributed by atoms with Gasteiger partial charge in [-0.2, -0.15) is 5.10 Å². The molecule has 1 amide bonds. The first kappa shape index (κ1) is 16.5. The molecule has 3 N–H and O–H groups in total. The van der Waals surface area contributed by atoms with E-state index in [1.165, 1.54) is 16.7 Å². The third kappa shape index (κ3) is 3.39. The predicted molar refractivity (Wildman–Crippen MR) is 103 cm³/mol. The predicted octanol–water partition coefficient (Wildman–Crippen LogP) is 3.25. The smallest absolute Gasteiger partial charge is 0.258 e. The SMILES string of the molecule is Cc1ccc(-n2cc(C(=O)Nc3ccc4c(c3)CC[C@H](N)C4)cn2)cc1. The zero-order chi connectivity index (χ0) is 18.1. The molecule has 1 aliphatic rings. The fourth-order valence-electron chi connectivity index (χ4n) is 3.34. The van der Waals surface area contributed by atoms with Crippen LogP contribution in [-0.2, 0) is 12.8 Å². The van der Waals surface area contributed by atoms with E-state index in [2.05, 4.69) is 22.5 Å². The van der Waals surface area contributed by atoms with Gasteiger partial charge in [-0.05, 0) is 61.6 Å². The molecular formula is C21H22N4O. The van der Waals surface area contributed by atoms with Crippen molar-refractivity contribution >= 4 is 11.6 Å². The number of aryl methyl sites for hydroxylation is 2. The fraction of sp³-hybridized carbons (Fsp3) is 0.238. The lowest BCUT2D eigenvalue weighted by molar-refractivity contribution is 0.102. The number of amides is 1. The molecule has 26 heavy (non-hydrogen) atoms. The number of carbonyl (C=O) groups is 1. The van der Waals surface area contributed by atoms with E-state index in [0.29, 0.717) is 5.56 Å². The second kappa shape index (κ2) is 6.77. The molecule has 0 saturated heterocycles. The molecule has 1 atom stereocenters. The lowest BCUT2D eigenvalue weighted by Gasteiger charge is -2.22. The molecular weight excluding hydrogens is 324 g/mol. The average molecular weight is 346 g/mol. The van der Waals surface area contributed by atoms with Gasteiger partial charge in [0.2, 0.25) is 0 Å². The third-order valence-electron chi connectivity index (χ3n) is 4.87. The first-order valence-electron chi connectivity index (χ1n) is 8.89. The summed E-state index contributed by atoms with van der Waals surface area (Å²) in [5, 5.41) is 7.27. The number of anilines is 1. The molecule has 0 saturated carbocycles. The number of hydrogen-bond acceptors (Lipinski definition) is 3. The molecule has 2 aromatic carbocycles. The second-order valence-corrected chi connectivity index (χ2v) is 6.95. The molecule has 1 heterocycles. The first-order chi connectivity index (χ1) is 12.6. The topological polar surface area (TPSA) is 72.9 Å². The van der Waals surface area contributed by atoms with E-state index in [0.717, 1.165) is 30.6 Å². The normalized spacial score (nSPS) is 16.2. The van der Waals surface area contributed by atoms with Crippen molar-refractivity contribution in [1.82, 2.24) is 9.78 Å². The zero-order valence-electron chi connectivity index (χ0n) is 14.8. The van der Waals surface area contributed by atoms with Crippen molar-refractivity contribution < 1.29 is 4.79 Å². The van der Waals surface area contributed by atoms with Crippen molar-refractivity contribution in [2.24, 2.45) is 5.73 Å². The van der Waals surface area contributed by atoms with Crippen molar-refractivity contribution in [3.63, 3.8) is 0 Å². The standard InChI is InChI=1S/C21H22N4O/c1-14-2-8-20(9-3-14)25-13-17(12-23-25)21(26)24-19-7-5-15-10-18(22)6-4-16(15)11-19/h2-3,5,7-9,11-13,18H,4,6,10,22H2,1H3,(H,24,26)/t18-/m0/s1. The lowest BCUT2D eigenvalue weighted by atomic mass is 9.88. The number of fused-ring (bicyclic) bond motifs is 1. The maximum absolute atomic E-state index is 12.5. The Kier molecular flexibility index (Phi) is 4.31. The van der Waals surface area contributed by atoms with Gasteiger partial charge in [0.1, 0.15) is 0 Å². The van der Waals surface area contributed by atoms with Crippen molar-refractivity contribution in [3.05, 3.63) is 77.1 Å².